The second-order valence-corrected chi connectivity index (χ2v) is 6.71. The third kappa shape index (κ3) is 2.80. The van der Waals surface area contributed by atoms with Crippen LogP contribution in [0.25, 0.3) is 16.6 Å². The smallest absolute Gasteiger partial charge is 0.340 e. The number of benzene rings is 1. The molecule has 0 saturated heterocycles. The van der Waals surface area contributed by atoms with Crippen molar-refractivity contribution in [2.24, 2.45) is 0 Å². The van der Waals surface area contributed by atoms with Crippen molar-refractivity contribution in [3.63, 3.8) is 0 Å². The number of methoxy groups -OCH3 is 1. The molecular weight excluding hydrogens is 348 g/mol. The normalized spacial score (nSPS) is 11.2. The average molecular weight is 364 g/mol. The van der Waals surface area contributed by atoms with Crippen molar-refractivity contribution in [2.75, 3.05) is 7.11 Å². The number of carbonyl (C=O) groups is 1. The Kier molecular flexibility index (Phi) is 4.30. The lowest BCUT2D eigenvalue weighted by Crippen LogP contribution is -2.10. The van der Waals surface area contributed by atoms with Gasteiger partial charge in [-0.2, -0.15) is 0 Å². The molecule has 7 heteroatoms. The van der Waals surface area contributed by atoms with Gasteiger partial charge in [-0.05, 0) is 30.7 Å². The van der Waals surface area contributed by atoms with Crippen molar-refractivity contribution in [3.8, 4) is 0 Å². The molecule has 1 aromatic carbocycles. The van der Waals surface area contributed by atoms with Crippen molar-refractivity contribution in [2.45, 2.75) is 17.8 Å². The highest BCUT2D eigenvalue weighted by Crippen LogP contribution is 2.28. The van der Waals surface area contributed by atoms with E-state index in [1.165, 1.54) is 18.9 Å². The third-order valence-electron chi connectivity index (χ3n) is 4.24. The molecule has 4 rings (SSSR count). The zero-order valence-electron chi connectivity index (χ0n) is 14.3. The second kappa shape index (κ2) is 6.76. The number of nitrogens with zero attached hydrogens (tertiary/aromatic N) is 4. The maximum Gasteiger partial charge on any atom is 0.340 e. The predicted octanol–water partition coefficient (Wildman–Crippen LogP) is 3.66. The van der Waals surface area contributed by atoms with Gasteiger partial charge in [0.2, 0.25) is 0 Å². The van der Waals surface area contributed by atoms with E-state index in [0.717, 1.165) is 27.3 Å². The zero-order chi connectivity index (χ0) is 18.1. The summed E-state index contributed by atoms with van der Waals surface area (Å²) in [4.78, 5) is 17.1. The number of hydrogen-bond acceptors (Lipinski definition) is 6. The van der Waals surface area contributed by atoms with E-state index in [1.54, 1.807) is 0 Å². The fourth-order valence-corrected chi connectivity index (χ4v) is 3.84. The lowest BCUT2D eigenvalue weighted by Gasteiger charge is -2.12. The van der Waals surface area contributed by atoms with E-state index < -0.39 is 0 Å². The van der Waals surface area contributed by atoms with Gasteiger partial charge < -0.3 is 4.74 Å². The second-order valence-electron chi connectivity index (χ2n) is 5.77. The van der Waals surface area contributed by atoms with Crippen molar-refractivity contribution in [1.82, 2.24) is 19.6 Å². The van der Waals surface area contributed by atoms with Crippen LogP contribution < -0.4 is 0 Å². The molecule has 0 bridgehead atoms. The number of esters is 1. The number of aromatic nitrogens is 4. The number of fused-ring (bicyclic) bond motifs is 2. The molecule has 3 aromatic heterocycles. The number of para-hydroxylation sites is 1. The fraction of sp³-hybridized carbons (Fsp3) is 0.158. The first-order valence-corrected chi connectivity index (χ1v) is 9.06. The topological polar surface area (TPSA) is 69.4 Å². The van der Waals surface area contributed by atoms with Crippen LogP contribution in [-0.4, -0.2) is 32.7 Å². The summed E-state index contributed by atoms with van der Waals surface area (Å²) >= 11 is 1.49. The quantitative estimate of drug-likeness (QED) is 0.406. The number of rotatable bonds is 4. The van der Waals surface area contributed by atoms with Gasteiger partial charge in [0.25, 0.3) is 0 Å². The van der Waals surface area contributed by atoms with E-state index in [1.807, 2.05) is 60.0 Å². The lowest BCUT2D eigenvalue weighted by molar-refractivity contribution is 0.0598. The summed E-state index contributed by atoms with van der Waals surface area (Å²) in [5.74, 6) is 0.119. The van der Waals surface area contributed by atoms with Gasteiger partial charge in [0.15, 0.2) is 10.8 Å². The molecule has 6 nitrogen and oxygen atoms in total. The van der Waals surface area contributed by atoms with E-state index in [2.05, 4.69) is 10.2 Å². The van der Waals surface area contributed by atoms with E-state index in [9.17, 15) is 4.79 Å². The maximum atomic E-state index is 12.4. The largest absolute Gasteiger partial charge is 0.465 e. The monoisotopic (exact) mass is 364 g/mol. The first-order chi connectivity index (χ1) is 12.7. The lowest BCUT2D eigenvalue weighted by atomic mass is 10.0. The Bertz CT molecular complexity index is 1120. The first-order valence-electron chi connectivity index (χ1n) is 8.08. The number of ether oxygens (including phenoxy) is 1. The van der Waals surface area contributed by atoms with Gasteiger partial charge in [0.1, 0.15) is 0 Å². The Hall–Kier alpha value is -2.93. The SMILES string of the molecule is COC(=O)c1c(CSc2nnc3ccccn23)nc2ccccc2c1C. The van der Waals surface area contributed by atoms with Gasteiger partial charge in [-0.15, -0.1) is 10.2 Å². The highest BCUT2D eigenvalue weighted by atomic mass is 32.2. The van der Waals surface area contributed by atoms with Gasteiger partial charge in [-0.3, -0.25) is 9.38 Å². The molecule has 0 aliphatic carbocycles. The zero-order valence-corrected chi connectivity index (χ0v) is 15.2. The highest BCUT2D eigenvalue weighted by molar-refractivity contribution is 7.98. The molecular formula is C19H16N4O2S. The molecule has 0 radical (unpaired) electrons. The first kappa shape index (κ1) is 16.5. The summed E-state index contributed by atoms with van der Waals surface area (Å²) in [6.45, 7) is 1.93. The molecule has 0 aliphatic heterocycles. The fourth-order valence-electron chi connectivity index (χ4n) is 2.97. The Morgan fingerprint density at radius 2 is 1.96 bits per heavy atom. The summed E-state index contributed by atoms with van der Waals surface area (Å²) < 4.78 is 6.91. The van der Waals surface area contributed by atoms with Crippen molar-refractivity contribution >= 4 is 34.3 Å². The third-order valence-corrected chi connectivity index (χ3v) is 5.19. The summed E-state index contributed by atoms with van der Waals surface area (Å²) in [5, 5.41) is 10.1. The number of carbonyl (C=O) groups excluding carboxylic acids is 1. The molecule has 130 valence electrons. The maximum absolute atomic E-state index is 12.4. The summed E-state index contributed by atoms with van der Waals surface area (Å²) in [6.07, 6.45) is 1.91. The van der Waals surface area contributed by atoms with Gasteiger partial charge in [-0.1, -0.05) is 36.0 Å². The minimum atomic E-state index is -0.373. The van der Waals surface area contributed by atoms with E-state index >= 15 is 0 Å². The van der Waals surface area contributed by atoms with Crippen LogP contribution >= 0.6 is 11.8 Å². The summed E-state index contributed by atoms with van der Waals surface area (Å²) in [6, 6.07) is 13.5. The molecule has 0 atom stereocenters. The molecule has 0 fully saturated rings. The van der Waals surface area contributed by atoms with Gasteiger partial charge in [0.05, 0.1) is 23.9 Å². The van der Waals surface area contributed by atoms with Crippen LogP contribution in [0.1, 0.15) is 21.6 Å². The van der Waals surface area contributed by atoms with Crippen LogP contribution in [0.2, 0.25) is 0 Å². The average Bonchev–Trinajstić information content (AvgIpc) is 3.09. The van der Waals surface area contributed by atoms with Gasteiger partial charge in [0, 0.05) is 17.3 Å². The van der Waals surface area contributed by atoms with E-state index in [4.69, 9.17) is 9.72 Å². The van der Waals surface area contributed by atoms with Crippen LogP contribution in [0.5, 0.6) is 0 Å². The minimum Gasteiger partial charge on any atom is -0.465 e. The molecule has 0 spiro atoms. The van der Waals surface area contributed by atoms with Crippen LogP contribution in [0.3, 0.4) is 0 Å². The number of pyridine rings is 2. The molecule has 0 N–H and O–H groups in total. The Labute approximate surface area is 154 Å². The molecule has 0 amide bonds. The molecule has 4 aromatic rings. The summed E-state index contributed by atoms with van der Waals surface area (Å²) in [5.41, 5.74) is 3.73. The van der Waals surface area contributed by atoms with E-state index in [-0.39, 0.29) is 5.97 Å². The Morgan fingerprint density at radius 3 is 2.81 bits per heavy atom. The molecule has 3 heterocycles. The predicted molar refractivity (Wildman–Crippen MR) is 100 cm³/mol. The van der Waals surface area contributed by atoms with E-state index in [0.29, 0.717) is 17.0 Å². The van der Waals surface area contributed by atoms with Crippen LogP contribution in [0.15, 0.2) is 53.8 Å². The van der Waals surface area contributed by atoms with Crippen molar-refractivity contribution in [1.29, 1.82) is 0 Å². The Morgan fingerprint density at radius 1 is 1.15 bits per heavy atom. The molecule has 0 saturated carbocycles. The standard InChI is InChI=1S/C19H16N4O2S/c1-12-13-7-3-4-8-14(13)20-15(17(12)18(24)25-2)11-26-19-22-21-16-9-5-6-10-23(16)19/h3-10H,11H2,1-2H3. The highest BCUT2D eigenvalue weighted by Gasteiger charge is 2.20. The van der Waals surface area contributed by atoms with Crippen LogP contribution in [0, 0.1) is 6.92 Å². The number of hydrogen-bond donors (Lipinski definition) is 0. The minimum absolute atomic E-state index is 0.373. The Balaban J connectivity index is 1.76. The van der Waals surface area contributed by atoms with Crippen molar-refractivity contribution < 1.29 is 9.53 Å². The van der Waals surface area contributed by atoms with Gasteiger partial charge >= 0.3 is 5.97 Å². The van der Waals surface area contributed by atoms with Crippen LogP contribution in [-0.2, 0) is 10.5 Å². The number of aryl methyl sites for hydroxylation is 1. The summed E-state index contributed by atoms with van der Waals surface area (Å²) in [7, 11) is 1.39. The molecule has 0 aliphatic rings. The number of thioether (sulfide) groups is 1. The molecule has 26 heavy (non-hydrogen) atoms. The van der Waals surface area contributed by atoms with Crippen LogP contribution in [0.4, 0.5) is 0 Å². The van der Waals surface area contributed by atoms with Crippen molar-refractivity contribution in [3.05, 3.63) is 65.5 Å². The van der Waals surface area contributed by atoms with Gasteiger partial charge in [-0.25, -0.2) is 4.79 Å². The molecule has 0 unspecified atom stereocenters.